The Morgan fingerprint density at radius 2 is 1.77 bits per heavy atom. The third-order valence-corrected chi connectivity index (χ3v) is 6.61. The molecule has 0 aromatic rings. The van der Waals surface area contributed by atoms with Crippen LogP contribution >= 0.6 is 0 Å². The highest BCUT2D eigenvalue weighted by molar-refractivity contribution is 4.98. The number of nitrogens with one attached hydrogen (secondary N) is 1. The zero-order valence-electron chi connectivity index (χ0n) is 13.9. The number of rotatable bonds is 5. The van der Waals surface area contributed by atoms with Crippen LogP contribution in [0.2, 0.25) is 0 Å². The van der Waals surface area contributed by atoms with Crippen LogP contribution in [0.1, 0.15) is 51.9 Å². The van der Waals surface area contributed by atoms with E-state index < -0.39 is 5.92 Å². The van der Waals surface area contributed by atoms with Crippen LogP contribution < -0.4 is 5.32 Å². The molecule has 0 aliphatic heterocycles. The second kappa shape index (κ2) is 6.59. The molecule has 3 fully saturated rings. The van der Waals surface area contributed by atoms with Crippen LogP contribution in [-0.2, 0) is 0 Å². The van der Waals surface area contributed by atoms with E-state index >= 15 is 0 Å². The lowest BCUT2D eigenvalue weighted by Crippen LogP contribution is -2.36. The molecule has 2 unspecified atom stereocenters. The fourth-order valence-corrected chi connectivity index (χ4v) is 5.65. The lowest BCUT2D eigenvalue weighted by molar-refractivity contribution is -0.00386. The van der Waals surface area contributed by atoms with Crippen LogP contribution in [0.5, 0.6) is 0 Å². The molecular weight excluding hydrogens is 280 g/mol. The molecule has 0 amide bonds. The van der Waals surface area contributed by atoms with Gasteiger partial charge in [-0.1, -0.05) is 19.4 Å². The van der Waals surface area contributed by atoms with Crippen molar-refractivity contribution in [3.8, 4) is 0 Å². The van der Waals surface area contributed by atoms with E-state index in [4.69, 9.17) is 0 Å². The highest BCUT2D eigenvalue weighted by atomic mass is 19.3. The molecule has 0 radical (unpaired) electrons. The van der Waals surface area contributed by atoms with Crippen LogP contribution in [0, 0.1) is 35.5 Å². The summed E-state index contributed by atoms with van der Waals surface area (Å²) in [5.74, 6) is 1.23. The minimum atomic E-state index is -2.37. The topological polar surface area (TPSA) is 12.0 Å². The van der Waals surface area contributed by atoms with Gasteiger partial charge in [-0.05, 0) is 67.7 Å². The molecule has 3 saturated carbocycles. The Morgan fingerprint density at radius 3 is 2.41 bits per heavy atom. The van der Waals surface area contributed by atoms with Gasteiger partial charge in [-0.3, -0.25) is 0 Å². The standard InChI is InChI=1S/C19H31F2N/c1-3-6-22-12-14-5-4-13(2)7-18(14)15-8-16-10-19(20,21)11-17(16)9-15/h3,13-18,22H,1,4-12H2,2H3/t13-,14-,15?,16-,17+,18?/m1/s1. The summed E-state index contributed by atoms with van der Waals surface area (Å²) in [6, 6.07) is 0. The Labute approximate surface area is 133 Å². The summed E-state index contributed by atoms with van der Waals surface area (Å²) in [6.07, 6.45) is 8.31. The van der Waals surface area contributed by atoms with E-state index in [0.29, 0.717) is 17.8 Å². The largest absolute Gasteiger partial charge is 0.313 e. The van der Waals surface area contributed by atoms with Crippen LogP contribution in [0.15, 0.2) is 12.7 Å². The number of fused-ring (bicyclic) bond motifs is 1. The van der Waals surface area contributed by atoms with Crippen molar-refractivity contribution in [2.24, 2.45) is 35.5 Å². The zero-order chi connectivity index (χ0) is 15.7. The molecule has 3 aliphatic carbocycles. The van der Waals surface area contributed by atoms with E-state index in [1.165, 1.54) is 19.3 Å². The van der Waals surface area contributed by atoms with E-state index in [1.807, 2.05) is 6.08 Å². The van der Waals surface area contributed by atoms with Crippen molar-refractivity contribution in [3.63, 3.8) is 0 Å². The predicted molar refractivity (Wildman–Crippen MR) is 86.9 cm³/mol. The Kier molecular flexibility index (Phi) is 4.92. The van der Waals surface area contributed by atoms with Gasteiger partial charge >= 0.3 is 0 Å². The molecule has 0 bridgehead atoms. The minimum absolute atomic E-state index is 0.163. The van der Waals surface area contributed by atoms with Gasteiger partial charge in [0.05, 0.1) is 0 Å². The lowest BCUT2D eigenvalue weighted by Gasteiger charge is -2.39. The van der Waals surface area contributed by atoms with Gasteiger partial charge in [0.15, 0.2) is 0 Å². The molecule has 0 heterocycles. The summed E-state index contributed by atoms with van der Waals surface area (Å²) in [4.78, 5) is 0. The van der Waals surface area contributed by atoms with Crippen molar-refractivity contribution in [1.29, 1.82) is 0 Å². The van der Waals surface area contributed by atoms with Gasteiger partial charge in [0, 0.05) is 19.4 Å². The van der Waals surface area contributed by atoms with Gasteiger partial charge in [-0.15, -0.1) is 6.58 Å². The molecule has 6 atom stereocenters. The van der Waals surface area contributed by atoms with Crippen molar-refractivity contribution in [3.05, 3.63) is 12.7 Å². The predicted octanol–water partition coefficient (Wildman–Crippen LogP) is 4.89. The SMILES string of the molecule is C=CCNC[C@H]1CC[C@@H](C)CC1C1C[C@@H]2CC(F)(F)C[C@@H]2C1. The maximum atomic E-state index is 13.6. The first-order valence-corrected chi connectivity index (χ1v) is 9.18. The summed E-state index contributed by atoms with van der Waals surface area (Å²) < 4.78 is 27.1. The van der Waals surface area contributed by atoms with Gasteiger partial charge in [0.1, 0.15) is 0 Å². The molecule has 1 nitrogen and oxygen atoms in total. The van der Waals surface area contributed by atoms with Gasteiger partial charge in [0.25, 0.3) is 0 Å². The fraction of sp³-hybridized carbons (Fsp3) is 0.895. The smallest absolute Gasteiger partial charge is 0.248 e. The van der Waals surface area contributed by atoms with Crippen molar-refractivity contribution < 1.29 is 8.78 Å². The van der Waals surface area contributed by atoms with Gasteiger partial charge in [-0.25, -0.2) is 8.78 Å². The summed E-state index contributed by atoms with van der Waals surface area (Å²) >= 11 is 0. The minimum Gasteiger partial charge on any atom is -0.313 e. The lowest BCUT2D eigenvalue weighted by atomic mass is 9.68. The fourth-order valence-electron chi connectivity index (χ4n) is 5.65. The van der Waals surface area contributed by atoms with Crippen molar-refractivity contribution in [1.82, 2.24) is 5.32 Å². The average Bonchev–Trinajstić information content (AvgIpc) is 2.94. The summed E-state index contributed by atoms with van der Waals surface area (Å²) in [6.45, 7) is 8.09. The van der Waals surface area contributed by atoms with Gasteiger partial charge in [-0.2, -0.15) is 0 Å². The molecule has 0 aromatic heterocycles. The highest BCUT2D eigenvalue weighted by Crippen LogP contribution is 2.56. The van der Waals surface area contributed by atoms with E-state index in [1.54, 1.807) is 0 Å². The average molecular weight is 311 g/mol. The van der Waals surface area contributed by atoms with Crippen LogP contribution in [0.4, 0.5) is 8.78 Å². The van der Waals surface area contributed by atoms with Crippen LogP contribution in [0.25, 0.3) is 0 Å². The first kappa shape index (κ1) is 16.4. The third kappa shape index (κ3) is 3.55. The molecular formula is C19H31F2N. The number of hydrogen-bond donors (Lipinski definition) is 1. The molecule has 3 rings (SSSR count). The summed E-state index contributed by atoms with van der Waals surface area (Å²) in [5, 5.41) is 3.50. The van der Waals surface area contributed by atoms with E-state index in [-0.39, 0.29) is 12.8 Å². The van der Waals surface area contributed by atoms with Gasteiger partial charge in [0.2, 0.25) is 5.92 Å². The van der Waals surface area contributed by atoms with Crippen molar-refractivity contribution in [2.45, 2.75) is 57.8 Å². The number of halogens is 2. The first-order valence-electron chi connectivity index (χ1n) is 9.18. The summed E-state index contributed by atoms with van der Waals surface area (Å²) in [7, 11) is 0. The molecule has 0 aromatic carbocycles. The monoisotopic (exact) mass is 311 g/mol. The van der Waals surface area contributed by atoms with E-state index in [0.717, 1.165) is 43.7 Å². The highest BCUT2D eigenvalue weighted by Gasteiger charge is 2.52. The Balaban J connectivity index is 1.60. The second-order valence-corrected chi connectivity index (χ2v) is 8.30. The normalized spacial score (nSPS) is 44.0. The molecule has 3 heteroatoms. The van der Waals surface area contributed by atoms with E-state index in [2.05, 4.69) is 18.8 Å². The molecule has 1 N–H and O–H groups in total. The molecule has 3 aliphatic rings. The quantitative estimate of drug-likeness (QED) is 0.563. The van der Waals surface area contributed by atoms with Gasteiger partial charge < -0.3 is 5.32 Å². The Bertz CT molecular complexity index is 379. The van der Waals surface area contributed by atoms with Crippen LogP contribution in [-0.4, -0.2) is 19.0 Å². The van der Waals surface area contributed by atoms with Crippen molar-refractivity contribution >= 4 is 0 Å². The molecule has 22 heavy (non-hydrogen) atoms. The van der Waals surface area contributed by atoms with Crippen molar-refractivity contribution in [2.75, 3.05) is 13.1 Å². The maximum Gasteiger partial charge on any atom is 0.248 e. The second-order valence-electron chi connectivity index (χ2n) is 8.30. The molecule has 0 spiro atoms. The molecule has 0 saturated heterocycles. The van der Waals surface area contributed by atoms with Crippen LogP contribution in [0.3, 0.4) is 0 Å². The number of hydrogen-bond acceptors (Lipinski definition) is 1. The third-order valence-electron chi connectivity index (χ3n) is 6.61. The van der Waals surface area contributed by atoms with E-state index in [9.17, 15) is 8.78 Å². The summed E-state index contributed by atoms with van der Waals surface area (Å²) in [5.41, 5.74) is 0. The number of alkyl halides is 2. The zero-order valence-corrected chi connectivity index (χ0v) is 13.9. The Morgan fingerprint density at radius 1 is 1.09 bits per heavy atom. The maximum absolute atomic E-state index is 13.6. The Hall–Kier alpha value is -0.440. The molecule has 126 valence electrons. The first-order chi connectivity index (χ1) is 10.5.